The van der Waals surface area contributed by atoms with E-state index >= 15 is 0 Å². The van der Waals surface area contributed by atoms with Gasteiger partial charge >= 0.3 is 12.1 Å². The predicted octanol–water partition coefficient (Wildman–Crippen LogP) is 0.390. The van der Waals surface area contributed by atoms with Crippen molar-refractivity contribution in [3.05, 3.63) is 0 Å². The van der Waals surface area contributed by atoms with Gasteiger partial charge in [-0.25, -0.2) is 4.79 Å². The largest absolute Gasteiger partial charge is 0.513 e. The van der Waals surface area contributed by atoms with Crippen LogP contribution in [0.3, 0.4) is 0 Å². The third kappa shape index (κ3) is 8.86. The van der Waals surface area contributed by atoms with E-state index in [0.29, 0.717) is 0 Å². The Hall–Kier alpha value is -1.10. The first-order valence-electron chi connectivity index (χ1n) is 1.54. The second kappa shape index (κ2) is 4.07. The van der Waals surface area contributed by atoms with Crippen LogP contribution in [0, 0.1) is 0 Å². The number of hydrogen-bond acceptors (Lipinski definition) is 4. The van der Waals surface area contributed by atoms with Gasteiger partial charge in [0.2, 0.25) is 0 Å². The number of rotatable bonds is 0. The van der Waals surface area contributed by atoms with E-state index in [1.165, 1.54) is 0 Å². The Morgan fingerprint density at radius 3 is 1.88 bits per heavy atom. The highest BCUT2D eigenvalue weighted by Crippen LogP contribution is 1.73. The van der Waals surface area contributed by atoms with E-state index < -0.39 is 12.1 Å². The first-order valence-corrected chi connectivity index (χ1v) is 1.54. The van der Waals surface area contributed by atoms with E-state index in [1.54, 1.807) is 0 Å². The van der Waals surface area contributed by atoms with Crippen LogP contribution >= 0.6 is 0 Å². The molecule has 0 aromatic carbocycles. The SMILES string of the molecule is CC(=O)OC(=O)O.N. The summed E-state index contributed by atoms with van der Waals surface area (Å²) in [5.74, 6) is -0.812. The van der Waals surface area contributed by atoms with E-state index in [0.717, 1.165) is 6.92 Å². The standard InChI is InChI=1S/C3H4O4.H3N/c1-2(4)7-3(5)6;/h1H3,(H,5,6);1H3. The molecule has 0 aliphatic heterocycles. The summed E-state index contributed by atoms with van der Waals surface area (Å²) < 4.78 is 3.53. The molecule has 5 nitrogen and oxygen atoms in total. The number of esters is 1. The average Bonchev–Trinajstić information content (AvgIpc) is 1.27. The van der Waals surface area contributed by atoms with Crippen LogP contribution in [0.5, 0.6) is 0 Å². The van der Waals surface area contributed by atoms with Crippen LogP contribution in [-0.4, -0.2) is 17.2 Å². The Morgan fingerprint density at radius 1 is 1.50 bits per heavy atom. The summed E-state index contributed by atoms with van der Waals surface area (Å²) in [5.41, 5.74) is 0. The van der Waals surface area contributed by atoms with E-state index in [9.17, 15) is 9.59 Å². The summed E-state index contributed by atoms with van der Waals surface area (Å²) in [6.07, 6.45) is -1.56. The Balaban J connectivity index is 0. The van der Waals surface area contributed by atoms with Gasteiger partial charge in [-0.05, 0) is 0 Å². The van der Waals surface area contributed by atoms with E-state index in [1.807, 2.05) is 0 Å². The maximum atomic E-state index is 9.65. The summed E-state index contributed by atoms with van der Waals surface area (Å²) in [7, 11) is 0. The quantitative estimate of drug-likeness (QED) is 0.356. The van der Waals surface area contributed by atoms with Crippen LogP contribution in [0.25, 0.3) is 0 Å². The Bertz CT molecular complexity index is 87.5. The molecule has 0 aromatic rings. The van der Waals surface area contributed by atoms with Crippen molar-refractivity contribution in [2.75, 3.05) is 0 Å². The molecule has 0 saturated heterocycles. The Labute approximate surface area is 45.8 Å². The summed E-state index contributed by atoms with van der Waals surface area (Å²) in [5, 5.41) is 7.64. The minimum atomic E-state index is -1.56. The second-order valence-electron chi connectivity index (χ2n) is 0.860. The molecule has 0 aliphatic carbocycles. The summed E-state index contributed by atoms with van der Waals surface area (Å²) >= 11 is 0. The first kappa shape index (κ1) is 10.0. The summed E-state index contributed by atoms with van der Waals surface area (Å²) in [6, 6.07) is 0. The minimum Gasteiger partial charge on any atom is -0.449 e. The number of carbonyl (C=O) groups is 2. The van der Waals surface area contributed by atoms with Gasteiger partial charge in [0.15, 0.2) is 0 Å². The lowest BCUT2D eigenvalue weighted by molar-refractivity contribution is -0.136. The number of carbonyl (C=O) groups excluding carboxylic acids is 1. The molecule has 4 N–H and O–H groups in total. The molecule has 0 fully saturated rings. The third-order valence-electron chi connectivity index (χ3n) is 0.231. The molecule has 0 rings (SSSR count). The van der Waals surface area contributed by atoms with Crippen LogP contribution in [0.15, 0.2) is 0 Å². The maximum absolute atomic E-state index is 9.65. The smallest absolute Gasteiger partial charge is 0.449 e. The van der Waals surface area contributed by atoms with Crippen LogP contribution < -0.4 is 6.15 Å². The molecule has 0 unspecified atom stereocenters. The lowest BCUT2D eigenvalue weighted by Crippen LogP contribution is -2.04. The van der Waals surface area contributed by atoms with Gasteiger partial charge in [0.1, 0.15) is 0 Å². The normalized spacial score (nSPS) is 6.62. The third-order valence-corrected chi connectivity index (χ3v) is 0.231. The van der Waals surface area contributed by atoms with Crippen molar-refractivity contribution in [2.45, 2.75) is 6.92 Å². The van der Waals surface area contributed by atoms with Crippen LogP contribution in [-0.2, 0) is 9.53 Å². The van der Waals surface area contributed by atoms with Crippen LogP contribution in [0.4, 0.5) is 4.79 Å². The molecular formula is C3H7NO4. The molecule has 0 radical (unpaired) electrons. The van der Waals surface area contributed by atoms with E-state index in [2.05, 4.69) is 4.74 Å². The van der Waals surface area contributed by atoms with Crippen molar-refractivity contribution < 1.29 is 19.4 Å². The predicted molar refractivity (Wildman–Crippen MR) is 24.8 cm³/mol. The highest BCUT2D eigenvalue weighted by atomic mass is 16.7. The highest BCUT2D eigenvalue weighted by molar-refractivity contribution is 5.78. The van der Waals surface area contributed by atoms with Crippen molar-refractivity contribution in [1.29, 1.82) is 0 Å². The zero-order chi connectivity index (χ0) is 5.86. The van der Waals surface area contributed by atoms with Crippen molar-refractivity contribution >= 4 is 12.1 Å². The molecule has 0 spiro atoms. The molecule has 0 aromatic heterocycles. The molecule has 0 aliphatic rings. The number of hydrogen-bond donors (Lipinski definition) is 2. The van der Waals surface area contributed by atoms with Crippen molar-refractivity contribution in [1.82, 2.24) is 6.15 Å². The van der Waals surface area contributed by atoms with Crippen molar-refractivity contribution in [3.8, 4) is 0 Å². The van der Waals surface area contributed by atoms with Gasteiger partial charge < -0.3 is 16.0 Å². The molecule has 0 saturated carbocycles. The fourth-order valence-electron chi connectivity index (χ4n) is 0.123. The fourth-order valence-corrected chi connectivity index (χ4v) is 0.123. The summed E-state index contributed by atoms with van der Waals surface area (Å²) in [6.45, 7) is 1.02. The Morgan fingerprint density at radius 2 is 1.88 bits per heavy atom. The topological polar surface area (TPSA) is 98.6 Å². The van der Waals surface area contributed by atoms with Crippen molar-refractivity contribution in [2.24, 2.45) is 0 Å². The minimum absolute atomic E-state index is 0. The molecule has 0 amide bonds. The van der Waals surface area contributed by atoms with Crippen LogP contribution in [0.1, 0.15) is 6.92 Å². The molecule has 48 valence electrons. The van der Waals surface area contributed by atoms with Gasteiger partial charge in [0, 0.05) is 6.92 Å². The average molecular weight is 121 g/mol. The lowest BCUT2D eigenvalue weighted by Gasteiger charge is -1.85. The van der Waals surface area contributed by atoms with Crippen LogP contribution in [0.2, 0.25) is 0 Å². The zero-order valence-corrected chi connectivity index (χ0v) is 4.38. The van der Waals surface area contributed by atoms with E-state index in [4.69, 9.17) is 5.11 Å². The van der Waals surface area contributed by atoms with Crippen molar-refractivity contribution in [3.63, 3.8) is 0 Å². The first-order chi connectivity index (χ1) is 3.13. The summed E-state index contributed by atoms with van der Waals surface area (Å²) in [4.78, 5) is 19.0. The van der Waals surface area contributed by atoms with Gasteiger partial charge in [-0.3, -0.25) is 4.79 Å². The highest BCUT2D eigenvalue weighted by Gasteiger charge is 1.97. The van der Waals surface area contributed by atoms with Gasteiger partial charge in [-0.2, -0.15) is 0 Å². The Kier molecular flexibility index (Phi) is 5.09. The fraction of sp³-hybridized carbons (Fsp3) is 0.333. The maximum Gasteiger partial charge on any atom is 0.513 e. The number of carboxylic acid groups (broad SMARTS) is 1. The zero-order valence-electron chi connectivity index (χ0n) is 4.38. The second-order valence-corrected chi connectivity index (χ2v) is 0.860. The molecule has 5 heteroatoms. The molecule has 0 atom stereocenters. The van der Waals surface area contributed by atoms with Gasteiger partial charge in [-0.1, -0.05) is 0 Å². The van der Waals surface area contributed by atoms with E-state index in [-0.39, 0.29) is 6.15 Å². The van der Waals surface area contributed by atoms with Gasteiger partial charge in [-0.15, -0.1) is 0 Å². The molecule has 0 bridgehead atoms. The lowest BCUT2D eigenvalue weighted by atomic mass is 10.8. The van der Waals surface area contributed by atoms with Gasteiger partial charge in [0.05, 0.1) is 0 Å². The number of ether oxygens (including phenoxy) is 1. The monoisotopic (exact) mass is 121 g/mol. The molecule has 8 heavy (non-hydrogen) atoms. The van der Waals surface area contributed by atoms with Gasteiger partial charge in [0.25, 0.3) is 0 Å². The molecular weight excluding hydrogens is 114 g/mol. The molecule has 0 heterocycles.